The molecule has 2 aromatic carbocycles. The number of halogens is 1. The van der Waals surface area contributed by atoms with Crippen molar-refractivity contribution in [3.63, 3.8) is 0 Å². The lowest BCUT2D eigenvalue weighted by molar-refractivity contribution is -0.127. The Morgan fingerprint density at radius 2 is 1.59 bits per heavy atom. The number of amides is 2. The standard InChI is InChI=1S/C25H30FN3O5/c1-32-21-16-18(17-22(33-2)24(21)34-3)4-9-23(30)29-14-12-28(13-15-29)11-10-27-25(31)19-5-7-20(26)8-6-19/h4-9,16-17H,10-15H2,1-3H3,(H,27,31)/b9-4+. The summed E-state index contributed by atoms with van der Waals surface area (Å²) < 4.78 is 29.0. The summed E-state index contributed by atoms with van der Waals surface area (Å²) in [5, 5.41) is 2.84. The molecule has 0 radical (unpaired) electrons. The van der Waals surface area contributed by atoms with E-state index in [9.17, 15) is 14.0 Å². The van der Waals surface area contributed by atoms with E-state index < -0.39 is 0 Å². The second-order valence-corrected chi connectivity index (χ2v) is 7.72. The molecule has 1 fully saturated rings. The molecule has 1 aliphatic rings. The lowest BCUT2D eigenvalue weighted by Crippen LogP contribution is -2.49. The van der Waals surface area contributed by atoms with E-state index in [4.69, 9.17) is 14.2 Å². The van der Waals surface area contributed by atoms with Gasteiger partial charge in [0.25, 0.3) is 5.91 Å². The van der Waals surface area contributed by atoms with Crippen molar-refractivity contribution in [3.05, 3.63) is 59.4 Å². The molecule has 8 nitrogen and oxygen atoms in total. The van der Waals surface area contributed by atoms with Crippen molar-refractivity contribution in [1.82, 2.24) is 15.1 Å². The van der Waals surface area contributed by atoms with Crippen molar-refractivity contribution in [2.24, 2.45) is 0 Å². The van der Waals surface area contributed by atoms with Gasteiger partial charge in [-0.1, -0.05) is 0 Å². The van der Waals surface area contributed by atoms with E-state index in [0.29, 0.717) is 49.0 Å². The highest BCUT2D eigenvalue weighted by Crippen LogP contribution is 2.38. The number of benzene rings is 2. The Hall–Kier alpha value is -3.59. The van der Waals surface area contributed by atoms with Gasteiger partial charge < -0.3 is 24.4 Å². The van der Waals surface area contributed by atoms with Crippen LogP contribution in [0.15, 0.2) is 42.5 Å². The molecule has 0 aromatic heterocycles. The molecule has 1 heterocycles. The van der Waals surface area contributed by atoms with Gasteiger partial charge in [-0.2, -0.15) is 0 Å². The minimum Gasteiger partial charge on any atom is -0.493 e. The summed E-state index contributed by atoms with van der Waals surface area (Å²) in [5.41, 5.74) is 1.19. The van der Waals surface area contributed by atoms with E-state index in [2.05, 4.69) is 10.2 Å². The average molecular weight is 472 g/mol. The first-order chi connectivity index (χ1) is 16.4. The summed E-state index contributed by atoms with van der Waals surface area (Å²) in [6.45, 7) is 3.79. The van der Waals surface area contributed by atoms with E-state index in [1.807, 2.05) is 0 Å². The fourth-order valence-electron chi connectivity index (χ4n) is 3.69. The first kappa shape index (κ1) is 25.0. The van der Waals surface area contributed by atoms with Crippen molar-refractivity contribution < 1.29 is 28.2 Å². The molecule has 1 N–H and O–H groups in total. The normalized spacial score (nSPS) is 14.2. The predicted octanol–water partition coefficient (Wildman–Crippen LogP) is 2.44. The fraction of sp³-hybridized carbons (Fsp3) is 0.360. The van der Waals surface area contributed by atoms with Crippen molar-refractivity contribution in [1.29, 1.82) is 0 Å². The van der Waals surface area contributed by atoms with Gasteiger partial charge in [-0.15, -0.1) is 0 Å². The Bertz CT molecular complexity index is 993. The molecule has 1 aliphatic heterocycles. The molecule has 2 aromatic rings. The van der Waals surface area contributed by atoms with Gasteiger partial charge in [-0.05, 0) is 48.0 Å². The van der Waals surface area contributed by atoms with Crippen molar-refractivity contribution in [3.8, 4) is 17.2 Å². The number of carbonyl (C=O) groups is 2. The molecule has 0 unspecified atom stereocenters. The van der Waals surface area contributed by atoms with Gasteiger partial charge in [0.1, 0.15) is 5.82 Å². The topological polar surface area (TPSA) is 80.3 Å². The van der Waals surface area contributed by atoms with Crippen molar-refractivity contribution >= 4 is 17.9 Å². The van der Waals surface area contributed by atoms with Crippen molar-refractivity contribution in [2.75, 3.05) is 60.6 Å². The zero-order valence-electron chi connectivity index (χ0n) is 19.7. The molecule has 3 rings (SSSR count). The molecule has 0 aliphatic carbocycles. The minimum atomic E-state index is -0.373. The Morgan fingerprint density at radius 1 is 0.971 bits per heavy atom. The van der Waals surface area contributed by atoms with Crippen LogP contribution in [0, 0.1) is 5.82 Å². The van der Waals surface area contributed by atoms with Crippen LogP contribution >= 0.6 is 0 Å². The van der Waals surface area contributed by atoms with Crippen LogP contribution < -0.4 is 19.5 Å². The zero-order valence-corrected chi connectivity index (χ0v) is 19.7. The zero-order chi connectivity index (χ0) is 24.5. The first-order valence-electron chi connectivity index (χ1n) is 11.0. The highest BCUT2D eigenvalue weighted by Gasteiger charge is 2.20. The van der Waals surface area contributed by atoms with Crippen LogP contribution in [0.2, 0.25) is 0 Å². The number of piperazine rings is 1. The monoisotopic (exact) mass is 471 g/mol. The lowest BCUT2D eigenvalue weighted by Gasteiger charge is -2.34. The maximum absolute atomic E-state index is 13.0. The van der Waals surface area contributed by atoms with Gasteiger partial charge in [-0.25, -0.2) is 4.39 Å². The van der Waals surface area contributed by atoms with Crippen molar-refractivity contribution in [2.45, 2.75) is 0 Å². The fourth-order valence-corrected chi connectivity index (χ4v) is 3.69. The smallest absolute Gasteiger partial charge is 0.251 e. The number of methoxy groups -OCH3 is 3. The van der Waals surface area contributed by atoms with Gasteiger partial charge in [0.15, 0.2) is 11.5 Å². The molecule has 0 atom stereocenters. The summed E-state index contributed by atoms with van der Waals surface area (Å²) in [7, 11) is 4.63. The van der Waals surface area contributed by atoms with Gasteiger partial charge >= 0.3 is 0 Å². The summed E-state index contributed by atoms with van der Waals surface area (Å²) in [5.74, 6) is 0.868. The maximum Gasteiger partial charge on any atom is 0.251 e. The lowest BCUT2D eigenvalue weighted by atomic mass is 10.1. The van der Waals surface area contributed by atoms with Gasteiger partial charge in [0.2, 0.25) is 11.7 Å². The van der Waals surface area contributed by atoms with E-state index >= 15 is 0 Å². The number of nitrogens with one attached hydrogen (secondary N) is 1. The van der Waals surface area contributed by atoms with Crippen LogP contribution in [0.4, 0.5) is 4.39 Å². The highest BCUT2D eigenvalue weighted by molar-refractivity contribution is 5.94. The number of carbonyl (C=O) groups excluding carboxylic acids is 2. The quantitative estimate of drug-likeness (QED) is 0.566. The number of hydrogen-bond donors (Lipinski definition) is 1. The molecule has 0 spiro atoms. The Labute approximate surface area is 198 Å². The van der Waals surface area contributed by atoms with E-state index in [-0.39, 0.29) is 17.6 Å². The van der Waals surface area contributed by atoms with Crippen LogP contribution in [-0.2, 0) is 4.79 Å². The molecule has 9 heteroatoms. The molecule has 0 bridgehead atoms. The largest absolute Gasteiger partial charge is 0.493 e. The second kappa shape index (κ2) is 12.0. The average Bonchev–Trinajstić information content (AvgIpc) is 2.87. The number of rotatable bonds is 9. The minimum absolute atomic E-state index is 0.0713. The molecule has 1 saturated heterocycles. The summed E-state index contributed by atoms with van der Waals surface area (Å²) in [4.78, 5) is 28.7. The summed E-state index contributed by atoms with van der Waals surface area (Å²) >= 11 is 0. The first-order valence-corrected chi connectivity index (χ1v) is 11.0. The van der Waals surface area contributed by atoms with E-state index in [1.54, 1.807) is 50.5 Å². The summed E-state index contributed by atoms with van der Waals surface area (Å²) in [6, 6.07) is 9.01. The van der Waals surface area contributed by atoms with Crippen LogP contribution in [0.25, 0.3) is 6.08 Å². The molecule has 34 heavy (non-hydrogen) atoms. The third kappa shape index (κ3) is 6.48. The number of ether oxygens (including phenoxy) is 3. The Morgan fingerprint density at radius 3 is 2.15 bits per heavy atom. The van der Waals surface area contributed by atoms with Crippen LogP contribution in [-0.4, -0.2) is 82.2 Å². The van der Waals surface area contributed by atoms with Gasteiger partial charge in [0.05, 0.1) is 21.3 Å². The number of hydrogen-bond acceptors (Lipinski definition) is 6. The molecular formula is C25H30FN3O5. The third-order valence-corrected chi connectivity index (χ3v) is 5.61. The molecule has 2 amide bonds. The Balaban J connectivity index is 1.46. The van der Waals surface area contributed by atoms with Gasteiger partial charge in [-0.3, -0.25) is 14.5 Å². The van der Waals surface area contributed by atoms with Gasteiger partial charge in [0, 0.05) is 50.9 Å². The highest BCUT2D eigenvalue weighted by atomic mass is 19.1. The number of nitrogens with zero attached hydrogens (tertiary/aromatic N) is 2. The summed E-state index contributed by atoms with van der Waals surface area (Å²) in [6.07, 6.45) is 3.27. The third-order valence-electron chi connectivity index (χ3n) is 5.61. The van der Waals surface area contributed by atoms with E-state index in [0.717, 1.165) is 18.7 Å². The maximum atomic E-state index is 13.0. The van der Waals surface area contributed by atoms with Crippen LogP contribution in [0.5, 0.6) is 17.2 Å². The Kier molecular flexibility index (Phi) is 8.86. The van der Waals surface area contributed by atoms with Crippen LogP contribution in [0.1, 0.15) is 15.9 Å². The van der Waals surface area contributed by atoms with Crippen LogP contribution in [0.3, 0.4) is 0 Å². The predicted molar refractivity (Wildman–Crippen MR) is 127 cm³/mol. The molecule has 182 valence electrons. The SMILES string of the molecule is COc1cc(/C=C/C(=O)N2CCN(CCNC(=O)c3ccc(F)cc3)CC2)cc(OC)c1OC. The molecule has 0 saturated carbocycles. The molecular weight excluding hydrogens is 441 g/mol. The second-order valence-electron chi connectivity index (χ2n) is 7.72. The van der Waals surface area contributed by atoms with E-state index in [1.165, 1.54) is 24.3 Å².